The Hall–Kier alpha value is -0.520. The highest BCUT2D eigenvalue weighted by atomic mass is 14.2. The Morgan fingerprint density at radius 1 is 1.30 bits per heavy atom. The van der Waals surface area contributed by atoms with Gasteiger partial charge in [-0.05, 0) is 19.8 Å². The maximum atomic E-state index is 2.31. The maximum absolute atomic E-state index is 2.31. The van der Waals surface area contributed by atoms with Gasteiger partial charge in [-0.3, -0.25) is 0 Å². The molecule has 1 atom stereocenters. The summed E-state index contributed by atoms with van der Waals surface area (Å²) in [4.78, 5) is 0. The summed E-state index contributed by atoms with van der Waals surface area (Å²) in [5.41, 5.74) is 3.01. The van der Waals surface area contributed by atoms with Crippen LogP contribution in [0.15, 0.2) is 23.3 Å². The third kappa shape index (κ3) is 1.16. The van der Waals surface area contributed by atoms with Crippen LogP contribution in [0.25, 0.3) is 0 Å². The van der Waals surface area contributed by atoms with Crippen molar-refractivity contribution in [3.63, 3.8) is 0 Å². The van der Waals surface area contributed by atoms with Gasteiger partial charge in [-0.25, -0.2) is 0 Å². The molecule has 1 aliphatic carbocycles. The van der Waals surface area contributed by atoms with Crippen LogP contribution in [0, 0.1) is 11.8 Å². The third-order valence-electron chi connectivity index (χ3n) is 2.39. The first-order chi connectivity index (χ1) is 4.63. The molecule has 0 aromatic heterocycles. The lowest BCUT2D eigenvalue weighted by Gasteiger charge is -2.14. The molecule has 0 saturated heterocycles. The van der Waals surface area contributed by atoms with Crippen molar-refractivity contribution in [2.45, 2.75) is 27.7 Å². The molecule has 0 amide bonds. The second-order valence-electron chi connectivity index (χ2n) is 3.49. The van der Waals surface area contributed by atoms with E-state index in [1.807, 2.05) is 0 Å². The van der Waals surface area contributed by atoms with Crippen LogP contribution in [0.3, 0.4) is 0 Å². The average molecular weight is 136 g/mol. The van der Waals surface area contributed by atoms with Crippen molar-refractivity contribution in [2.24, 2.45) is 11.8 Å². The summed E-state index contributed by atoms with van der Waals surface area (Å²) in [6.45, 7) is 8.97. The SMILES string of the molecule is CC1=C(C)C(C(C)C)C=C1. The van der Waals surface area contributed by atoms with Gasteiger partial charge in [-0.15, -0.1) is 0 Å². The molecule has 56 valence electrons. The topological polar surface area (TPSA) is 0 Å². The number of rotatable bonds is 1. The summed E-state index contributed by atoms with van der Waals surface area (Å²) in [5, 5.41) is 0. The van der Waals surface area contributed by atoms with E-state index in [1.165, 1.54) is 5.57 Å². The predicted octanol–water partition coefficient (Wildman–Crippen LogP) is 3.16. The van der Waals surface area contributed by atoms with Crippen molar-refractivity contribution in [1.82, 2.24) is 0 Å². The molecule has 0 radical (unpaired) electrons. The molecular formula is C10H16. The Morgan fingerprint density at radius 2 is 1.90 bits per heavy atom. The van der Waals surface area contributed by atoms with Gasteiger partial charge in [0, 0.05) is 5.92 Å². The van der Waals surface area contributed by atoms with Crippen molar-refractivity contribution >= 4 is 0 Å². The summed E-state index contributed by atoms with van der Waals surface area (Å²) >= 11 is 0. The molecule has 0 fully saturated rings. The smallest absolute Gasteiger partial charge is 0.000593 e. The summed E-state index contributed by atoms with van der Waals surface area (Å²) in [7, 11) is 0. The lowest BCUT2D eigenvalue weighted by molar-refractivity contribution is 0.531. The summed E-state index contributed by atoms with van der Waals surface area (Å²) in [6, 6.07) is 0. The van der Waals surface area contributed by atoms with Gasteiger partial charge in [0.15, 0.2) is 0 Å². The van der Waals surface area contributed by atoms with Gasteiger partial charge in [0.2, 0.25) is 0 Å². The molecular weight excluding hydrogens is 120 g/mol. The second kappa shape index (κ2) is 2.61. The fourth-order valence-corrected chi connectivity index (χ4v) is 1.51. The summed E-state index contributed by atoms with van der Waals surface area (Å²) in [6.07, 6.45) is 4.55. The monoisotopic (exact) mass is 136 g/mol. The molecule has 0 aromatic rings. The van der Waals surface area contributed by atoms with Gasteiger partial charge in [0.25, 0.3) is 0 Å². The molecule has 0 bridgehead atoms. The fraction of sp³-hybridized carbons (Fsp3) is 0.600. The zero-order chi connectivity index (χ0) is 7.72. The van der Waals surface area contributed by atoms with Crippen LogP contribution >= 0.6 is 0 Å². The van der Waals surface area contributed by atoms with E-state index in [4.69, 9.17) is 0 Å². The van der Waals surface area contributed by atoms with E-state index in [0.717, 1.165) is 5.92 Å². The molecule has 0 heteroatoms. The normalized spacial score (nSPS) is 25.1. The van der Waals surface area contributed by atoms with Crippen LogP contribution in [0.4, 0.5) is 0 Å². The van der Waals surface area contributed by atoms with Gasteiger partial charge in [-0.1, -0.05) is 37.1 Å². The van der Waals surface area contributed by atoms with Crippen molar-refractivity contribution in [2.75, 3.05) is 0 Å². The molecule has 0 N–H and O–H groups in total. The van der Waals surface area contributed by atoms with Crippen LogP contribution in [-0.4, -0.2) is 0 Å². The molecule has 0 aliphatic heterocycles. The van der Waals surface area contributed by atoms with Crippen LogP contribution in [-0.2, 0) is 0 Å². The first-order valence-electron chi connectivity index (χ1n) is 3.98. The number of hydrogen-bond acceptors (Lipinski definition) is 0. The molecule has 0 heterocycles. The van der Waals surface area contributed by atoms with E-state index in [2.05, 4.69) is 39.8 Å². The molecule has 0 aromatic carbocycles. The van der Waals surface area contributed by atoms with E-state index in [9.17, 15) is 0 Å². The minimum absolute atomic E-state index is 0.708. The zero-order valence-corrected chi connectivity index (χ0v) is 7.31. The van der Waals surface area contributed by atoms with E-state index >= 15 is 0 Å². The Morgan fingerprint density at radius 3 is 2.10 bits per heavy atom. The number of allylic oxidation sites excluding steroid dienone is 4. The standard InChI is InChI=1S/C10H16/c1-7(2)10-6-5-8(3)9(10)4/h5-7,10H,1-4H3. The fourth-order valence-electron chi connectivity index (χ4n) is 1.51. The van der Waals surface area contributed by atoms with Gasteiger partial charge in [0.05, 0.1) is 0 Å². The lowest BCUT2D eigenvalue weighted by Crippen LogP contribution is -2.04. The van der Waals surface area contributed by atoms with Crippen molar-refractivity contribution in [1.29, 1.82) is 0 Å². The predicted molar refractivity (Wildman–Crippen MR) is 45.8 cm³/mol. The van der Waals surface area contributed by atoms with E-state index in [0.29, 0.717) is 5.92 Å². The largest absolute Gasteiger partial charge is 0.0768 e. The first kappa shape index (κ1) is 7.59. The molecule has 0 saturated carbocycles. The Balaban J connectivity index is 2.78. The average Bonchev–Trinajstić information content (AvgIpc) is 2.14. The molecule has 10 heavy (non-hydrogen) atoms. The van der Waals surface area contributed by atoms with Gasteiger partial charge < -0.3 is 0 Å². The summed E-state index contributed by atoms with van der Waals surface area (Å²) < 4.78 is 0. The Kier molecular flexibility index (Phi) is 1.98. The van der Waals surface area contributed by atoms with Crippen molar-refractivity contribution < 1.29 is 0 Å². The highest BCUT2D eigenvalue weighted by Gasteiger charge is 2.16. The minimum Gasteiger partial charge on any atom is -0.0768 e. The quantitative estimate of drug-likeness (QED) is 0.519. The van der Waals surface area contributed by atoms with Crippen molar-refractivity contribution in [3.8, 4) is 0 Å². The molecule has 1 aliphatic rings. The van der Waals surface area contributed by atoms with Crippen LogP contribution in [0.5, 0.6) is 0 Å². The van der Waals surface area contributed by atoms with Crippen LogP contribution in [0.2, 0.25) is 0 Å². The summed E-state index contributed by atoms with van der Waals surface area (Å²) in [5.74, 6) is 1.47. The molecule has 0 spiro atoms. The Labute approximate surface area is 63.6 Å². The van der Waals surface area contributed by atoms with E-state index in [-0.39, 0.29) is 0 Å². The van der Waals surface area contributed by atoms with Gasteiger partial charge in [0.1, 0.15) is 0 Å². The van der Waals surface area contributed by atoms with E-state index in [1.54, 1.807) is 5.57 Å². The van der Waals surface area contributed by atoms with Crippen molar-refractivity contribution in [3.05, 3.63) is 23.3 Å². The molecule has 0 nitrogen and oxygen atoms in total. The molecule has 1 unspecified atom stereocenters. The van der Waals surface area contributed by atoms with Gasteiger partial charge >= 0.3 is 0 Å². The highest BCUT2D eigenvalue weighted by Crippen LogP contribution is 2.29. The van der Waals surface area contributed by atoms with Crippen LogP contribution in [0.1, 0.15) is 27.7 Å². The second-order valence-corrected chi connectivity index (χ2v) is 3.49. The first-order valence-corrected chi connectivity index (χ1v) is 3.98. The van der Waals surface area contributed by atoms with Crippen LogP contribution < -0.4 is 0 Å². The zero-order valence-electron chi connectivity index (χ0n) is 7.31. The minimum atomic E-state index is 0.708. The molecule has 1 rings (SSSR count). The lowest BCUT2D eigenvalue weighted by atomic mass is 9.91. The Bertz CT molecular complexity index is 182. The van der Waals surface area contributed by atoms with E-state index < -0.39 is 0 Å². The third-order valence-corrected chi connectivity index (χ3v) is 2.39. The van der Waals surface area contributed by atoms with Gasteiger partial charge in [-0.2, -0.15) is 0 Å². The maximum Gasteiger partial charge on any atom is 0.000593 e. The number of hydrogen-bond donors (Lipinski definition) is 0. The highest BCUT2D eigenvalue weighted by molar-refractivity contribution is 5.34.